The smallest absolute Gasteiger partial charge is 0.0992 e. The predicted molar refractivity (Wildman–Crippen MR) is 70.0 cm³/mol. The average Bonchev–Trinajstić information content (AvgIpc) is 2.37. The van der Waals surface area contributed by atoms with Crippen molar-refractivity contribution in [1.82, 2.24) is 5.32 Å². The molecule has 5 heteroatoms. The molecule has 2 rings (SSSR count). The van der Waals surface area contributed by atoms with Crippen molar-refractivity contribution in [2.24, 2.45) is 0 Å². The van der Waals surface area contributed by atoms with Gasteiger partial charge in [-0.2, -0.15) is 5.26 Å². The van der Waals surface area contributed by atoms with Crippen LogP contribution in [-0.4, -0.2) is 32.3 Å². The number of hydrogen-bond acceptors (Lipinski definition) is 4. The molecule has 1 heterocycles. The molecule has 0 radical (unpaired) electrons. The molecule has 1 aliphatic heterocycles. The number of morpholine rings is 1. The molecular formula is C12H14BrN3O. The zero-order valence-electron chi connectivity index (χ0n) is 9.37. The van der Waals surface area contributed by atoms with Crippen molar-refractivity contribution in [1.29, 1.82) is 5.26 Å². The molecule has 0 spiro atoms. The van der Waals surface area contributed by atoms with E-state index in [1.165, 1.54) is 0 Å². The first-order chi connectivity index (χ1) is 8.28. The molecule has 90 valence electrons. The zero-order chi connectivity index (χ0) is 12.1. The molecule has 1 aromatic rings. The maximum absolute atomic E-state index is 8.87. The van der Waals surface area contributed by atoms with Gasteiger partial charge in [0.05, 0.1) is 24.8 Å². The number of rotatable bonds is 3. The predicted octanol–water partition coefficient (Wildman–Crippen LogP) is 1.72. The number of nitriles is 1. The number of nitrogens with one attached hydrogen (secondary N) is 2. The van der Waals surface area contributed by atoms with Crippen LogP contribution in [0.3, 0.4) is 0 Å². The van der Waals surface area contributed by atoms with Crippen molar-refractivity contribution >= 4 is 21.6 Å². The summed E-state index contributed by atoms with van der Waals surface area (Å²) < 4.78 is 6.28. The van der Waals surface area contributed by atoms with Crippen molar-refractivity contribution in [2.45, 2.75) is 6.04 Å². The lowest BCUT2D eigenvalue weighted by molar-refractivity contribution is 0.0806. The van der Waals surface area contributed by atoms with E-state index in [1.807, 2.05) is 12.1 Å². The molecule has 0 bridgehead atoms. The fourth-order valence-electron chi connectivity index (χ4n) is 1.75. The minimum atomic E-state index is 0.327. The fourth-order valence-corrected chi connectivity index (χ4v) is 2.24. The third kappa shape index (κ3) is 3.70. The molecule has 0 aliphatic carbocycles. The van der Waals surface area contributed by atoms with Crippen molar-refractivity contribution in [2.75, 3.05) is 31.6 Å². The SMILES string of the molecule is N#Cc1cc(Br)cc(NCC2COCCN2)c1. The normalized spacial score (nSPS) is 19.6. The second-order valence-electron chi connectivity index (χ2n) is 3.95. The lowest BCUT2D eigenvalue weighted by atomic mass is 10.2. The Morgan fingerprint density at radius 2 is 2.41 bits per heavy atom. The molecule has 0 amide bonds. The highest BCUT2D eigenvalue weighted by Gasteiger charge is 2.12. The molecule has 1 atom stereocenters. The Kier molecular flexibility index (Phi) is 4.37. The van der Waals surface area contributed by atoms with Crippen molar-refractivity contribution < 1.29 is 4.74 Å². The summed E-state index contributed by atoms with van der Waals surface area (Å²) in [5.74, 6) is 0. The summed E-state index contributed by atoms with van der Waals surface area (Å²) in [7, 11) is 0. The van der Waals surface area contributed by atoms with Gasteiger partial charge in [0.1, 0.15) is 0 Å². The Hall–Kier alpha value is -1.09. The molecule has 1 aliphatic rings. The number of nitrogens with zero attached hydrogens (tertiary/aromatic N) is 1. The van der Waals surface area contributed by atoms with Crippen molar-refractivity contribution in [3.63, 3.8) is 0 Å². The molecule has 2 N–H and O–H groups in total. The highest BCUT2D eigenvalue weighted by Crippen LogP contribution is 2.19. The summed E-state index contributed by atoms with van der Waals surface area (Å²) in [6, 6.07) is 8.07. The van der Waals surface area contributed by atoms with Crippen LogP contribution >= 0.6 is 15.9 Å². The largest absolute Gasteiger partial charge is 0.383 e. The molecule has 1 unspecified atom stereocenters. The number of anilines is 1. The minimum Gasteiger partial charge on any atom is -0.383 e. The van der Waals surface area contributed by atoms with Gasteiger partial charge < -0.3 is 15.4 Å². The minimum absolute atomic E-state index is 0.327. The monoisotopic (exact) mass is 295 g/mol. The maximum Gasteiger partial charge on any atom is 0.0992 e. The standard InChI is InChI=1S/C12H14BrN3O/c13-10-3-9(6-14)4-11(5-10)16-7-12-8-17-2-1-15-12/h3-5,12,15-16H,1-2,7-8H2. The summed E-state index contributed by atoms with van der Waals surface area (Å²) >= 11 is 3.39. The van der Waals surface area contributed by atoms with Crippen molar-refractivity contribution in [3.8, 4) is 6.07 Å². The van der Waals surface area contributed by atoms with Crippen molar-refractivity contribution in [3.05, 3.63) is 28.2 Å². The first kappa shape index (κ1) is 12.4. The van der Waals surface area contributed by atoms with Gasteiger partial charge in [-0.3, -0.25) is 0 Å². The highest BCUT2D eigenvalue weighted by molar-refractivity contribution is 9.10. The quantitative estimate of drug-likeness (QED) is 0.892. The van der Waals surface area contributed by atoms with Crippen LogP contribution in [0.5, 0.6) is 0 Å². The Bertz CT molecular complexity index is 424. The van der Waals surface area contributed by atoms with E-state index in [9.17, 15) is 0 Å². The summed E-state index contributed by atoms with van der Waals surface area (Å²) in [6.45, 7) is 3.20. The molecule has 1 saturated heterocycles. The Balaban J connectivity index is 1.94. The molecule has 17 heavy (non-hydrogen) atoms. The first-order valence-electron chi connectivity index (χ1n) is 5.53. The van der Waals surface area contributed by atoms with Crippen LogP contribution in [0.25, 0.3) is 0 Å². The zero-order valence-corrected chi connectivity index (χ0v) is 11.0. The molecule has 1 fully saturated rings. The topological polar surface area (TPSA) is 57.1 Å². The number of hydrogen-bond donors (Lipinski definition) is 2. The van der Waals surface area contributed by atoms with Crippen LogP contribution in [0.2, 0.25) is 0 Å². The fraction of sp³-hybridized carbons (Fsp3) is 0.417. The van der Waals surface area contributed by atoms with Crippen LogP contribution in [0.1, 0.15) is 5.56 Å². The van der Waals surface area contributed by atoms with Crippen LogP contribution < -0.4 is 10.6 Å². The van der Waals surface area contributed by atoms with E-state index < -0.39 is 0 Å². The summed E-state index contributed by atoms with van der Waals surface area (Å²) in [4.78, 5) is 0. The Morgan fingerprint density at radius 1 is 1.53 bits per heavy atom. The first-order valence-corrected chi connectivity index (χ1v) is 6.33. The molecule has 0 aromatic heterocycles. The van der Waals surface area contributed by atoms with E-state index in [4.69, 9.17) is 10.00 Å². The van der Waals surface area contributed by atoms with Gasteiger partial charge in [0.2, 0.25) is 0 Å². The lowest BCUT2D eigenvalue weighted by Crippen LogP contribution is -2.45. The van der Waals surface area contributed by atoms with E-state index >= 15 is 0 Å². The van der Waals surface area contributed by atoms with E-state index in [1.54, 1.807) is 6.07 Å². The molecular weight excluding hydrogens is 282 g/mol. The molecule has 0 saturated carbocycles. The highest BCUT2D eigenvalue weighted by atomic mass is 79.9. The van der Waals surface area contributed by atoms with E-state index in [-0.39, 0.29) is 0 Å². The van der Waals surface area contributed by atoms with E-state index in [0.29, 0.717) is 11.6 Å². The average molecular weight is 296 g/mol. The van der Waals surface area contributed by atoms with Crippen LogP contribution in [-0.2, 0) is 4.74 Å². The Morgan fingerprint density at radius 3 is 3.12 bits per heavy atom. The van der Waals surface area contributed by atoms with Gasteiger partial charge in [-0.15, -0.1) is 0 Å². The van der Waals surface area contributed by atoms with Gasteiger partial charge in [0.25, 0.3) is 0 Å². The third-order valence-corrected chi connectivity index (χ3v) is 3.04. The summed E-state index contributed by atoms with van der Waals surface area (Å²) in [5, 5.41) is 15.5. The molecule has 1 aromatic carbocycles. The van der Waals surface area contributed by atoms with Crippen LogP contribution in [0.15, 0.2) is 22.7 Å². The van der Waals surface area contributed by atoms with E-state index in [0.717, 1.165) is 36.5 Å². The van der Waals surface area contributed by atoms with Crippen LogP contribution in [0, 0.1) is 11.3 Å². The third-order valence-electron chi connectivity index (χ3n) is 2.58. The maximum atomic E-state index is 8.87. The van der Waals surface area contributed by atoms with Crippen LogP contribution in [0.4, 0.5) is 5.69 Å². The van der Waals surface area contributed by atoms with Gasteiger partial charge >= 0.3 is 0 Å². The molecule has 4 nitrogen and oxygen atoms in total. The number of benzene rings is 1. The summed E-state index contributed by atoms with van der Waals surface area (Å²) in [6.07, 6.45) is 0. The van der Waals surface area contributed by atoms with Gasteiger partial charge in [-0.05, 0) is 18.2 Å². The van der Waals surface area contributed by atoms with Gasteiger partial charge in [-0.1, -0.05) is 15.9 Å². The van der Waals surface area contributed by atoms with Gasteiger partial charge in [-0.25, -0.2) is 0 Å². The van der Waals surface area contributed by atoms with Gasteiger partial charge in [0.15, 0.2) is 0 Å². The van der Waals surface area contributed by atoms with E-state index in [2.05, 4.69) is 32.6 Å². The second-order valence-corrected chi connectivity index (χ2v) is 4.86. The number of halogens is 1. The van der Waals surface area contributed by atoms with Gasteiger partial charge in [0, 0.05) is 29.3 Å². The number of ether oxygens (including phenoxy) is 1. The lowest BCUT2D eigenvalue weighted by Gasteiger charge is -2.24. The summed E-state index contributed by atoms with van der Waals surface area (Å²) in [5.41, 5.74) is 1.60. The Labute approximate surface area is 109 Å². The second kappa shape index (κ2) is 6.01.